The molecule has 1 aromatic carbocycles. The molecule has 3 heteroatoms. The van der Waals surface area contributed by atoms with Gasteiger partial charge in [0.15, 0.2) is 0 Å². The van der Waals surface area contributed by atoms with E-state index in [-0.39, 0.29) is 5.82 Å². The summed E-state index contributed by atoms with van der Waals surface area (Å²) in [6, 6.07) is 7.56. The zero-order valence-corrected chi connectivity index (χ0v) is 12.7. The molecule has 0 saturated carbocycles. The summed E-state index contributed by atoms with van der Waals surface area (Å²) in [5, 5.41) is 3.66. The van der Waals surface area contributed by atoms with Crippen LogP contribution in [0.5, 0.6) is 0 Å². The fourth-order valence-electron chi connectivity index (χ4n) is 2.84. The molecule has 0 aromatic heterocycles. The van der Waals surface area contributed by atoms with Crippen LogP contribution in [0.1, 0.15) is 38.7 Å². The number of rotatable bonds is 6. The number of hydrogen-bond donors (Lipinski definition) is 1. The Labute approximate surface area is 122 Å². The third-order valence-electron chi connectivity index (χ3n) is 3.96. The van der Waals surface area contributed by atoms with Crippen LogP contribution in [0.2, 0.25) is 0 Å². The summed E-state index contributed by atoms with van der Waals surface area (Å²) in [4.78, 5) is 2.44. The van der Waals surface area contributed by atoms with E-state index in [0.29, 0.717) is 6.04 Å². The molecule has 1 saturated heterocycles. The van der Waals surface area contributed by atoms with Gasteiger partial charge in [0.05, 0.1) is 0 Å². The quantitative estimate of drug-likeness (QED) is 0.857. The van der Waals surface area contributed by atoms with Crippen molar-refractivity contribution in [2.24, 2.45) is 5.92 Å². The Morgan fingerprint density at radius 2 is 2.25 bits per heavy atom. The van der Waals surface area contributed by atoms with E-state index in [9.17, 15) is 4.39 Å². The van der Waals surface area contributed by atoms with Gasteiger partial charge in [-0.05, 0) is 56.0 Å². The van der Waals surface area contributed by atoms with Crippen LogP contribution in [0.3, 0.4) is 0 Å². The summed E-state index contributed by atoms with van der Waals surface area (Å²) >= 11 is 0. The highest BCUT2D eigenvalue weighted by Crippen LogP contribution is 2.14. The Morgan fingerprint density at radius 1 is 1.40 bits per heavy atom. The predicted octanol–water partition coefficient (Wildman–Crippen LogP) is 3.43. The maximum atomic E-state index is 13.2. The zero-order valence-electron chi connectivity index (χ0n) is 12.7. The molecule has 2 rings (SSSR count). The van der Waals surface area contributed by atoms with Gasteiger partial charge in [-0.15, -0.1) is 0 Å². The van der Waals surface area contributed by atoms with Crippen molar-refractivity contribution < 1.29 is 4.39 Å². The van der Waals surface area contributed by atoms with Gasteiger partial charge in [0.1, 0.15) is 5.82 Å². The second kappa shape index (κ2) is 7.75. The van der Waals surface area contributed by atoms with Crippen LogP contribution < -0.4 is 5.32 Å². The second-order valence-electron chi connectivity index (χ2n) is 6.34. The molecular weight excluding hydrogens is 251 g/mol. The van der Waals surface area contributed by atoms with Crippen molar-refractivity contribution in [1.29, 1.82) is 0 Å². The molecule has 0 bridgehead atoms. The largest absolute Gasteiger partial charge is 0.313 e. The Balaban J connectivity index is 1.78. The number of nitrogens with zero attached hydrogens (tertiary/aromatic N) is 1. The highest BCUT2D eigenvalue weighted by molar-refractivity contribution is 5.16. The first-order valence-corrected chi connectivity index (χ1v) is 7.83. The number of hydrogen-bond acceptors (Lipinski definition) is 2. The molecule has 1 heterocycles. The van der Waals surface area contributed by atoms with Crippen molar-refractivity contribution in [1.82, 2.24) is 10.2 Å². The van der Waals surface area contributed by atoms with E-state index in [0.717, 1.165) is 37.7 Å². The molecule has 0 amide bonds. The summed E-state index contributed by atoms with van der Waals surface area (Å²) in [6.07, 6.45) is 3.73. The Kier molecular flexibility index (Phi) is 5.99. The molecule has 112 valence electrons. The van der Waals surface area contributed by atoms with Crippen LogP contribution in [-0.4, -0.2) is 30.6 Å². The minimum Gasteiger partial charge on any atom is -0.313 e. The monoisotopic (exact) mass is 278 g/mol. The van der Waals surface area contributed by atoms with E-state index in [4.69, 9.17) is 0 Å². The molecule has 0 radical (unpaired) electrons. The van der Waals surface area contributed by atoms with Crippen molar-refractivity contribution in [3.63, 3.8) is 0 Å². The van der Waals surface area contributed by atoms with Crippen molar-refractivity contribution >= 4 is 0 Å². The van der Waals surface area contributed by atoms with Gasteiger partial charge in [0, 0.05) is 19.1 Å². The molecule has 1 aliphatic heterocycles. The second-order valence-corrected chi connectivity index (χ2v) is 6.34. The third kappa shape index (κ3) is 5.22. The maximum Gasteiger partial charge on any atom is 0.123 e. The maximum absolute atomic E-state index is 13.2. The molecule has 1 aromatic rings. The summed E-state index contributed by atoms with van der Waals surface area (Å²) in [6.45, 7) is 8.70. The van der Waals surface area contributed by atoms with Crippen LogP contribution in [0.15, 0.2) is 24.3 Å². The lowest BCUT2D eigenvalue weighted by atomic mass is 10.0. The standard InChI is InChI=1S/C17H27FN2/c1-14(2)8-9-19-17-7-4-10-20(13-17)12-15-5-3-6-16(18)11-15/h3,5-6,11,14,17,19H,4,7-10,12-13H2,1-2H3. The average Bonchev–Trinajstić information content (AvgIpc) is 2.39. The molecular formula is C17H27FN2. The van der Waals surface area contributed by atoms with Gasteiger partial charge in [-0.1, -0.05) is 26.0 Å². The first-order valence-electron chi connectivity index (χ1n) is 7.83. The van der Waals surface area contributed by atoms with Crippen LogP contribution >= 0.6 is 0 Å². The first kappa shape index (κ1) is 15.5. The summed E-state index contributed by atoms with van der Waals surface area (Å²) < 4.78 is 13.2. The fraction of sp³-hybridized carbons (Fsp3) is 0.647. The van der Waals surface area contributed by atoms with Gasteiger partial charge in [-0.25, -0.2) is 4.39 Å². The van der Waals surface area contributed by atoms with Crippen LogP contribution in [0, 0.1) is 11.7 Å². The highest BCUT2D eigenvalue weighted by Gasteiger charge is 2.19. The van der Waals surface area contributed by atoms with Crippen molar-refractivity contribution in [3.05, 3.63) is 35.6 Å². The summed E-state index contributed by atoms with van der Waals surface area (Å²) in [5.74, 6) is 0.626. The van der Waals surface area contributed by atoms with Crippen LogP contribution in [-0.2, 0) is 6.54 Å². The normalized spacial score (nSPS) is 20.5. The smallest absolute Gasteiger partial charge is 0.123 e. The molecule has 1 atom stereocenters. The van der Waals surface area contributed by atoms with Crippen LogP contribution in [0.25, 0.3) is 0 Å². The molecule has 20 heavy (non-hydrogen) atoms. The first-order chi connectivity index (χ1) is 9.63. The predicted molar refractivity (Wildman–Crippen MR) is 82.2 cm³/mol. The Bertz CT molecular complexity index is 406. The molecule has 1 N–H and O–H groups in total. The number of likely N-dealkylation sites (tertiary alicyclic amines) is 1. The molecule has 1 aliphatic rings. The van der Waals surface area contributed by atoms with Crippen molar-refractivity contribution in [2.75, 3.05) is 19.6 Å². The third-order valence-corrected chi connectivity index (χ3v) is 3.96. The lowest BCUT2D eigenvalue weighted by Crippen LogP contribution is -2.45. The minimum absolute atomic E-state index is 0.133. The van der Waals surface area contributed by atoms with E-state index < -0.39 is 0 Å². The SMILES string of the molecule is CC(C)CCNC1CCCN(Cc2cccc(F)c2)C1. The number of benzene rings is 1. The Morgan fingerprint density at radius 3 is 3.00 bits per heavy atom. The van der Waals surface area contributed by atoms with E-state index >= 15 is 0 Å². The Hall–Kier alpha value is -0.930. The number of halogens is 1. The van der Waals surface area contributed by atoms with Crippen LogP contribution in [0.4, 0.5) is 4.39 Å². The van der Waals surface area contributed by atoms with Crippen molar-refractivity contribution in [2.45, 2.75) is 45.7 Å². The van der Waals surface area contributed by atoms with E-state index in [1.165, 1.54) is 25.3 Å². The number of nitrogens with one attached hydrogen (secondary N) is 1. The van der Waals surface area contributed by atoms with Gasteiger partial charge in [0.2, 0.25) is 0 Å². The van der Waals surface area contributed by atoms with E-state index in [1.54, 1.807) is 12.1 Å². The van der Waals surface area contributed by atoms with Crippen molar-refractivity contribution in [3.8, 4) is 0 Å². The minimum atomic E-state index is -0.133. The zero-order chi connectivity index (χ0) is 14.4. The molecule has 2 nitrogen and oxygen atoms in total. The molecule has 0 spiro atoms. The lowest BCUT2D eigenvalue weighted by molar-refractivity contribution is 0.182. The van der Waals surface area contributed by atoms with Gasteiger partial charge in [-0.3, -0.25) is 4.90 Å². The number of piperidine rings is 1. The van der Waals surface area contributed by atoms with E-state index in [2.05, 4.69) is 24.1 Å². The van der Waals surface area contributed by atoms with E-state index in [1.807, 2.05) is 6.07 Å². The topological polar surface area (TPSA) is 15.3 Å². The van der Waals surface area contributed by atoms with Gasteiger partial charge in [-0.2, -0.15) is 0 Å². The molecule has 0 aliphatic carbocycles. The molecule has 1 unspecified atom stereocenters. The average molecular weight is 278 g/mol. The summed E-state index contributed by atoms with van der Waals surface area (Å²) in [5.41, 5.74) is 1.08. The van der Waals surface area contributed by atoms with Gasteiger partial charge >= 0.3 is 0 Å². The lowest BCUT2D eigenvalue weighted by Gasteiger charge is -2.33. The fourth-order valence-corrected chi connectivity index (χ4v) is 2.84. The summed E-state index contributed by atoms with van der Waals surface area (Å²) in [7, 11) is 0. The highest BCUT2D eigenvalue weighted by atomic mass is 19.1. The van der Waals surface area contributed by atoms with Gasteiger partial charge in [0.25, 0.3) is 0 Å². The molecule has 1 fully saturated rings. The van der Waals surface area contributed by atoms with Gasteiger partial charge < -0.3 is 5.32 Å².